The average molecular weight is 493 g/mol. The second kappa shape index (κ2) is 8.85. The smallest absolute Gasteiger partial charge is 0.318 e. The Morgan fingerprint density at radius 1 is 1.00 bits per heavy atom. The first-order valence-electron chi connectivity index (χ1n) is 11.7. The Balaban J connectivity index is 1.20. The van der Waals surface area contributed by atoms with Crippen LogP contribution in [0.15, 0.2) is 60.8 Å². The van der Waals surface area contributed by atoms with Gasteiger partial charge in [-0.25, -0.2) is 4.79 Å². The fraction of sp³-hybridized carbons (Fsp3) is 0.308. The molecule has 0 aliphatic carbocycles. The quantitative estimate of drug-likeness (QED) is 0.603. The maximum Gasteiger partial charge on any atom is 0.318 e. The molecule has 2 atom stereocenters. The van der Waals surface area contributed by atoms with E-state index < -0.39 is 0 Å². The minimum Gasteiger partial charge on any atom is -0.486 e. The van der Waals surface area contributed by atoms with Gasteiger partial charge in [0.2, 0.25) is 5.91 Å². The molecule has 0 bridgehead atoms. The maximum atomic E-state index is 13.5. The summed E-state index contributed by atoms with van der Waals surface area (Å²) < 4.78 is 13.4. The van der Waals surface area contributed by atoms with Gasteiger partial charge in [-0.1, -0.05) is 23.7 Å². The number of fused-ring (bicyclic) bond motifs is 2. The van der Waals surface area contributed by atoms with Crippen LogP contribution < -0.4 is 19.7 Å². The molecular formula is C26H25ClN4O4. The van der Waals surface area contributed by atoms with Crippen molar-refractivity contribution < 1.29 is 19.1 Å². The number of hydrogen-bond donors (Lipinski definition) is 1. The molecule has 3 aromatic rings. The number of carbonyl (C=O) groups excluding carboxylic acids is 2. The van der Waals surface area contributed by atoms with E-state index in [0.29, 0.717) is 49.4 Å². The van der Waals surface area contributed by atoms with E-state index >= 15 is 0 Å². The van der Waals surface area contributed by atoms with Gasteiger partial charge in [-0.3, -0.25) is 4.79 Å². The molecule has 1 saturated heterocycles. The first-order chi connectivity index (χ1) is 17.1. The van der Waals surface area contributed by atoms with Crippen molar-refractivity contribution >= 4 is 29.2 Å². The highest BCUT2D eigenvalue weighted by atomic mass is 35.5. The van der Waals surface area contributed by atoms with Crippen molar-refractivity contribution in [1.29, 1.82) is 0 Å². The lowest BCUT2D eigenvalue weighted by atomic mass is 10.0. The van der Waals surface area contributed by atoms with Crippen molar-refractivity contribution in [3.8, 4) is 11.5 Å². The van der Waals surface area contributed by atoms with Gasteiger partial charge < -0.3 is 29.2 Å². The summed E-state index contributed by atoms with van der Waals surface area (Å²) in [5.74, 6) is 1.28. The molecule has 1 N–H and O–H groups in total. The molecule has 4 heterocycles. The lowest BCUT2D eigenvalue weighted by molar-refractivity contribution is -0.117. The van der Waals surface area contributed by atoms with E-state index in [0.717, 1.165) is 16.9 Å². The number of hydrogen-bond acceptors (Lipinski definition) is 4. The fourth-order valence-electron chi connectivity index (χ4n) is 5.11. The normalized spacial score (nSPS) is 21.1. The zero-order valence-corrected chi connectivity index (χ0v) is 19.8. The summed E-state index contributed by atoms with van der Waals surface area (Å²) in [4.78, 5) is 29.9. The standard InChI is InChI=1S/C26H25ClN4O4/c27-18-5-3-17(4-6-18)25-21-2-1-9-29(21)10-11-30(25)26(33)28-19-14-24(32)31(16-19)20-7-8-22-23(15-20)35-13-12-34-22/h1-9,15,19,25H,10-14,16H2,(H,28,33). The molecule has 0 spiro atoms. The Morgan fingerprint density at radius 2 is 1.80 bits per heavy atom. The van der Waals surface area contributed by atoms with Crippen LogP contribution in [-0.4, -0.2) is 53.8 Å². The highest BCUT2D eigenvalue weighted by Crippen LogP contribution is 2.36. The minimum absolute atomic E-state index is 0.0336. The average Bonchev–Trinajstić information content (AvgIpc) is 3.50. The number of ether oxygens (including phenoxy) is 2. The van der Waals surface area contributed by atoms with E-state index in [4.69, 9.17) is 21.1 Å². The number of halogens is 1. The number of carbonyl (C=O) groups is 2. The number of aromatic nitrogens is 1. The third-order valence-electron chi connectivity index (χ3n) is 6.77. The van der Waals surface area contributed by atoms with Gasteiger partial charge in [-0.15, -0.1) is 0 Å². The largest absolute Gasteiger partial charge is 0.486 e. The van der Waals surface area contributed by atoms with Gasteiger partial charge in [-0.2, -0.15) is 0 Å². The van der Waals surface area contributed by atoms with Crippen LogP contribution in [0.4, 0.5) is 10.5 Å². The molecule has 1 fully saturated rings. The first kappa shape index (κ1) is 21.9. The Hall–Kier alpha value is -3.65. The number of nitrogens with zero attached hydrogens (tertiary/aromatic N) is 3. The second-order valence-electron chi connectivity index (χ2n) is 8.96. The van der Waals surface area contributed by atoms with Gasteiger partial charge >= 0.3 is 6.03 Å². The minimum atomic E-state index is -0.289. The summed E-state index contributed by atoms with van der Waals surface area (Å²) >= 11 is 6.11. The van der Waals surface area contributed by atoms with Gasteiger partial charge in [0.1, 0.15) is 13.2 Å². The lowest BCUT2D eigenvalue weighted by Crippen LogP contribution is -2.50. The van der Waals surface area contributed by atoms with Crippen molar-refractivity contribution in [2.24, 2.45) is 0 Å². The number of nitrogens with one attached hydrogen (secondary N) is 1. The molecule has 180 valence electrons. The molecule has 3 amide bonds. The molecule has 6 rings (SSSR count). The molecule has 3 aliphatic rings. The summed E-state index contributed by atoms with van der Waals surface area (Å²) in [5, 5.41) is 3.76. The summed E-state index contributed by atoms with van der Waals surface area (Å²) in [7, 11) is 0. The number of rotatable bonds is 3. The van der Waals surface area contributed by atoms with E-state index in [1.165, 1.54) is 0 Å². The zero-order chi connectivity index (χ0) is 23.9. The van der Waals surface area contributed by atoms with Gasteiger partial charge in [0.25, 0.3) is 0 Å². The monoisotopic (exact) mass is 492 g/mol. The third kappa shape index (κ3) is 4.08. The van der Waals surface area contributed by atoms with Crippen LogP contribution in [0.3, 0.4) is 0 Å². The van der Waals surface area contributed by atoms with Gasteiger partial charge in [0.15, 0.2) is 11.5 Å². The van der Waals surface area contributed by atoms with Crippen molar-refractivity contribution in [3.63, 3.8) is 0 Å². The topological polar surface area (TPSA) is 76.0 Å². The fourth-order valence-corrected chi connectivity index (χ4v) is 5.24. The SMILES string of the molecule is O=C1CC(NC(=O)N2CCn3cccc3C2c2ccc(Cl)cc2)CN1c1ccc2c(c1)OCCO2. The second-order valence-corrected chi connectivity index (χ2v) is 9.39. The van der Waals surface area contributed by atoms with Gasteiger partial charge in [0.05, 0.1) is 12.1 Å². The summed E-state index contributed by atoms with van der Waals surface area (Å²) in [6, 6.07) is 16.4. The molecule has 0 radical (unpaired) electrons. The first-order valence-corrected chi connectivity index (χ1v) is 12.1. The van der Waals surface area contributed by atoms with Gasteiger partial charge in [0, 0.05) is 54.7 Å². The molecule has 0 saturated carbocycles. The zero-order valence-electron chi connectivity index (χ0n) is 19.0. The highest BCUT2D eigenvalue weighted by Gasteiger charge is 2.36. The van der Waals surface area contributed by atoms with E-state index in [-0.39, 0.29) is 30.4 Å². The van der Waals surface area contributed by atoms with E-state index in [2.05, 4.69) is 9.88 Å². The molecule has 1 aromatic heterocycles. The number of amides is 3. The summed E-state index contributed by atoms with van der Waals surface area (Å²) in [6.45, 7) is 2.68. The Morgan fingerprint density at radius 3 is 2.63 bits per heavy atom. The molecule has 2 unspecified atom stereocenters. The third-order valence-corrected chi connectivity index (χ3v) is 7.03. The highest BCUT2D eigenvalue weighted by molar-refractivity contribution is 6.30. The Bertz CT molecular complexity index is 1270. The van der Waals surface area contributed by atoms with Crippen LogP contribution in [0.5, 0.6) is 11.5 Å². The Kier molecular flexibility index (Phi) is 5.53. The van der Waals surface area contributed by atoms with Crippen LogP contribution in [-0.2, 0) is 11.3 Å². The van der Waals surface area contributed by atoms with Crippen LogP contribution in [0.1, 0.15) is 23.7 Å². The van der Waals surface area contributed by atoms with Crippen molar-refractivity contribution in [1.82, 2.24) is 14.8 Å². The van der Waals surface area contributed by atoms with Crippen LogP contribution in [0.2, 0.25) is 5.02 Å². The van der Waals surface area contributed by atoms with Crippen molar-refractivity contribution in [3.05, 3.63) is 77.1 Å². The molecule has 35 heavy (non-hydrogen) atoms. The maximum absolute atomic E-state index is 13.5. The van der Waals surface area contributed by atoms with Crippen LogP contribution >= 0.6 is 11.6 Å². The predicted octanol–water partition coefficient (Wildman–Crippen LogP) is 3.83. The van der Waals surface area contributed by atoms with E-state index in [1.807, 2.05) is 65.7 Å². The molecular weight excluding hydrogens is 468 g/mol. The van der Waals surface area contributed by atoms with Crippen molar-refractivity contribution in [2.75, 3.05) is 31.2 Å². The Labute approximate surface area is 208 Å². The molecule has 9 heteroatoms. The van der Waals surface area contributed by atoms with Crippen LogP contribution in [0, 0.1) is 0 Å². The van der Waals surface area contributed by atoms with Crippen molar-refractivity contribution in [2.45, 2.75) is 25.0 Å². The summed E-state index contributed by atoms with van der Waals surface area (Å²) in [6.07, 6.45) is 2.28. The predicted molar refractivity (Wildman–Crippen MR) is 131 cm³/mol. The number of benzene rings is 2. The van der Waals surface area contributed by atoms with E-state index in [1.54, 1.807) is 4.90 Å². The van der Waals surface area contributed by atoms with Gasteiger partial charge in [-0.05, 0) is 42.0 Å². The van der Waals surface area contributed by atoms with E-state index in [9.17, 15) is 9.59 Å². The number of anilines is 1. The molecule has 8 nitrogen and oxygen atoms in total. The summed E-state index contributed by atoms with van der Waals surface area (Å²) in [5.41, 5.74) is 2.78. The lowest BCUT2D eigenvalue weighted by Gasteiger charge is -2.38. The molecule has 2 aromatic carbocycles. The number of urea groups is 1. The molecule has 3 aliphatic heterocycles. The van der Waals surface area contributed by atoms with Crippen LogP contribution in [0.25, 0.3) is 0 Å².